The number of furan rings is 1. The van der Waals surface area contributed by atoms with Gasteiger partial charge in [-0.1, -0.05) is 0 Å². The van der Waals surface area contributed by atoms with Crippen LogP contribution < -0.4 is 10.1 Å². The number of nitrogens with zero attached hydrogens (tertiary/aromatic N) is 1. The van der Waals surface area contributed by atoms with Gasteiger partial charge in [0.1, 0.15) is 18.1 Å². The Balaban J connectivity index is 1.79. The largest absolute Gasteiger partial charge is 0.475 e. The molecule has 0 amide bonds. The fraction of sp³-hybridized carbons (Fsp3) is 0.400. The Hall–Kier alpha value is -1.66. The monoisotopic (exact) mass is 308 g/mol. The van der Waals surface area contributed by atoms with Crippen LogP contribution in [0.4, 0.5) is 5.69 Å². The molecule has 2 rings (SSSR count). The van der Waals surface area contributed by atoms with E-state index in [1.165, 1.54) is 0 Å². The maximum absolute atomic E-state index is 5.69. The molecule has 1 N–H and O–H groups in total. The summed E-state index contributed by atoms with van der Waals surface area (Å²) in [5.41, 5.74) is 0.928. The highest BCUT2D eigenvalue weighted by molar-refractivity contribution is 7.97. The van der Waals surface area contributed by atoms with Crippen molar-refractivity contribution in [3.05, 3.63) is 42.0 Å². The molecular formula is C15H20N2O3S. The first-order valence-electron chi connectivity index (χ1n) is 6.70. The lowest BCUT2D eigenvalue weighted by Crippen LogP contribution is -2.05. The summed E-state index contributed by atoms with van der Waals surface area (Å²) in [4.78, 5) is 4.22. The van der Waals surface area contributed by atoms with Crippen LogP contribution >= 0.6 is 11.8 Å². The van der Waals surface area contributed by atoms with Crippen LogP contribution in [-0.4, -0.2) is 31.6 Å². The second-order valence-corrected chi connectivity index (χ2v) is 5.25. The van der Waals surface area contributed by atoms with Crippen molar-refractivity contribution in [2.45, 2.75) is 12.3 Å². The number of pyridine rings is 1. The lowest BCUT2D eigenvalue weighted by Gasteiger charge is -2.07. The van der Waals surface area contributed by atoms with Crippen molar-refractivity contribution < 1.29 is 13.9 Å². The predicted octanol–water partition coefficient (Wildman–Crippen LogP) is 3.17. The van der Waals surface area contributed by atoms with E-state index in [1.54, 1.807) is 25.1 Å². The van der Waals surface area contributed by atoms with Gasteiger partial charge in [-0.15, -0.1) is 0 Å². The summed E-state index contributed by atoms with van der Waals surface area (Å²) in [6.07, 6.45) is 3.80. The highest BCUT2D eigenvalue weighted by atomic mass is 32.2. The van der Waals surface area contributed by atoms with E-state index in [2.05, 4.69) is 16.6 Å². The van der Waals surface area contributed by atoms with Crippen LogP contribution in [0.3, 0.4) is 0 Å². The summed E-state index contributed by atoms with van der Waals surface area (Å²) in [6.45, 7) is 1.69. The molecule has 0 aliphatic rings. The van der Waals surface area contributed by atoms with E-state index < -0.39 is 0 Å². The standard InChI is InChI=1S/C15H20N2O3S/c1-18-7-8-19-15-6-3-12(9-17-15)16-10-13-4-5-14(20-13)11-21-2/h3-6,9,16H,7-8,10-11H2,1-2H3. The Morgan fingerprint density at radius 2 is 2.05 bits per heavy atom. The Labute approximate surface area is 129 Å². The number of anilines is 1. The first-order chi connectivity index (χ1) is 10.3. The van der Waals surface area contributed by atoms with E-state index in [9.17, 15) is 0 Å². The van der Waals surface area contributed by atoms with Crippen molar-refractivity contribution in [1.29, 1.82) is 0 Å². The van der Waals surface area contributed by atoms with E-state index in [0.29, 0.717) is 25.6 Å². The molecule has 2 aromatic heterocycles. The molecule has 6 heteroatoms. The Morgan fingerprint density at radius 1 is 1.19 bits per heavy atom. The topological polar surface area (TPSA) is 56.5 Å². The third-order valence-corrected chi connectivity index (χ3v) is 3.32. The first kappa shape index (κ1) is 15.7. The summed E-state index contributed by atoms with van der Waals surface area (Å²) in [6, 6.07) is 7.77. The number of hydrogen-bond donors (Lipinski definition) is 1. The van der Waals surface area contributed by atoms with Crippen LogP contribution in [0.25, 0.3) is 0 Å². The van der Waals surface area contributed by atoms with Gasteiger partial charge in [-0.2, -0.15) is 11.8 Å². The Bertz CT molecular complexity index is 528. The van der Waals surface area contributed by atoms with E-state index in [1.807, 2.05) is 24.3 Å². The summed E-state index contributed by atoms with van der Waals surface area (Å²) in [5, 5.41) is 3.27. The minimum atomic E-state index is 0.501. The van der Waals surface area contributed by atoms with Gasteiger partial charge < -0.3 is 19.2 Å². The van der Waals surface area contributed by atoms with Crippen molar-refractivity contribution in [3.63, 3.8) is 0 Å². The molecule has 0 saturated heterocycles. The molecular weight excluding hydrogens is 288 g/mol. The normalized spacial score (nSPS) is 10.6. The minimum absolute atomic E-state index is 0.501. The molecule has 2 heterocycles. The third kappa shape index (κ3) is 5.32. The molecule has 0 saturated carbocycles. The Morgan fingerprint density at radius 3 is 2.76 bits per heavy atom. The molecule has 0 unspecified atom stereocenters. The van der Waals surface area contributed by atoms with Gasteiger partial charge in [-0.3, -0.25) is 0 Å². The zero-order chi connectivity index (χ0) is 14.9. The fourth-order valence-electron chi connectivity index (χ4n) is 1.73. The van der Waals surface area contributed by atoms with Crippen LogP contribution in [0.2, 0.25) is 0 Å². The Kier molecular flexibility index (Phi) is 6.43. The fourth-order valence-corrected chi connectivity index (χ4v) is 2.17. The van der Waals surface area contributed by atoms with Crippen LogP contribution in [0.5, 0.6) is 5.88 Å². The van der Waals surface area contributed by atoms with Gasteiger partial charge in [-0.05, 0) is 24.5 Å². The molecule has 0 atom stereocenters. The van der Waals surface area contributed by atoms with Gasteiger partial charge in [0.05, 0.1) is 30.8 Å². The molecule has 0 radical (unpaired) electrons. The van der Waals surface area contributed by atoms with E-state index in [-0.39, 0.29) is 0 Å². The SMILES string of the molecule is COCCOc1ccc(NCc2ccc(CSC)o2)cn1. The number of rotatable bonds is 9. The van der Waals surface area contributed by atoms with E-state index in [0.717, 1.165) is 23.0 Å². The smallest absolute Gasteiger partial charge is 0.213 e. The van der Waals surface area contributed by atoms with E-state index >= 15 is 0 Å². The summed E-state index contributed by atoms with van der Waals surface area (Å²) >= 11 is 1.75. The molecule has 5 nitrogen and oxygen atoms in total. The van der Waals surface area contributed by atoms with Crippen LogP contribution in [-0.2, 0) is 17.0 Å². The van der Waals surface area contributed by atoms with Crippen molar-refractivity contribution in [3.8, 4) is 5.88 Å². The lowest BCUT2D eigenvalue weighted by atomic mass is 10.4. The summed E-state index contributed by atoms with van der Waals surface area (Å²) in [5.74, 6) is 3.41. The average molecular weight is 308 g/mol. The molecule has 0 aromatic carbocycles. The second kappa shape index (κ2) is 8.59. The van der Waals surface area contributed by atoms with Crippen LogP contribution in [0, 0.1) is 0 Å². The maximum Gasteiger partial charge on any atom is 0.213 e. The van der Waals surface area contributed by atoms with E-state index in [4.69, 9.17) is 13.9 Å². The van der Waals surface area contributed by atoms with Gasteiger partial charge in [0.2, 0.25) is 5.88 Å². The molecule has 0 spiro atoms. The first-order valence-corrected chi connectivity index (χ1v) is 8.09. The van der Waals surface area contributed by atoms with Crippen molar-refractivity contribution >= 4 is 17.4 Å². The summed E-state index contributed by atoms with van der Waals surface area (Å²) < 4.78 is 16.0. The van der Waals surface area contributed by atoms with Gasteiger partial charge in [0, 0.05) is 13.2 Å². The number of ether oxygens (including phenoxy) is 2. The van der Waals surface area contributed by atoms with Gasteiger partial charge in [0.25, 0.3) is 0 Å². The van der Waals surface area contributed by atoms with Crippen LogP contribution in [0.1, 0.15) is 11.5 Å². The number of thioether (sulfide) groups is 1. The molecule has 0 aliphatic heterocycles. The lowest BCUT2D eigenvalue weighted by molar-refractivity contribution is 0.144. The number of methoxy groups -OCH3 is 1. The highest BCUT2D eigenvalue weighted by Crippen LogP contribution is 2.16. The van der Waals surface area contributed by atoms with Crippen molar-refractivity contribution in [2.24, 2.45) is 0 Å². The molecule has 0 bridgehead atoms. The van der Waals surface area contributed by atoms with Crippen molar-refractivity contribution in [2.75, 3.05) is 31.9 Å². The van der Waals surface area contributed by atoms with Gasteiger partial charge in [0.15, 0.2) is 0 Å². The average Bonchev–Trinajstić information content (AvgIpc) is 2.95. The highest BCUT2D eigenvalue weighted by Gasteiger charge is 2.02. The second-order valence-electron chi connectivity index (χ2n) is 4.38. The number of hydrogen-bond acceptors (Lipinski definition) is 6. The number of aromatic nitrogens is 1. The molecule has 114 valence electrons. The van der Waals surface area contributed by atoms with Crippen molar-refractivity contribution in [1.82, 2.24) is 4.98 Å². The molecule has 21 heavy (non-hydrogen) atoms. The summed E-state index contributed by atoms with van der Waals surface area (Å²) in [7, 11) is 1.64. The molecule has 2 aromatic rings. The van der Waals surface area contributed by atoms with Gasteiger partial charge >= 0.3 is 0 Å². The minimum Gasteiger partial charge on any atom is -0.475 e. The van der Waals surface area contributed by atoms with Crippen LogP contribution in [0.15, 0.2) is 34.9 Å². The predicted molar refractivity (Wildman–Crippen MR) is 84.9 cm³/mol. The quantitative estimate of drug-likeness (QED) is 0.718. The third-order valence-electron chi connectivity index (χ3n) is 2.74. The maximum atomic E-state index is 5.69. The zero-order valence-electron chi connectivity index (χ0n) is 12.3. The van der Waals surface area contributed by atoms with Gasteiger partial charge in [-0.25, -0.2) is 4.98 Å². The zero-order valence-corrected chi connectivity index (χ0v) is 13.1. The number of nitrogens with one attached hydrogen (secondary N) is 1. The molecule has 0 aliphatic carbocycles. The molecule has 0 fully saturated rings.